The number of hydrogen-bond donors (Lipinski definition) is 2. The topological polar surface area (TPSA) is 34.8 Å². The molecule has 3 nitrogen and oxygen atoms in total. The van der Waals surface area contributed by atoms with Crippen molar-refractivity contribution in [2.45, 2.75) is 50.5 Å². The summed E-state index contributed by atoms with van der Waals surface area (Å²) < 4.78 is 0. The molecule has 5 aromatic rings. The second-order valence-corrected chi connectivity index (χ2v) is 10.7. The average Bonchev–Trinajstić information content (AvgIpc) is 3.42. The highest BCUT2D eigenvalue weighted by atomic mass is 15.1. The lowest BCUT2D eigenvalue weighted by atomic mass is 9.61. The highest BCUT2D eigenvalue weighted by Crippen LogP contribution is 2.54. The molecular formula is C32H35N3. The Kier molecular flexibility index (Phi) is 5.16. The van der Waals surface area contributed by atoms with Crippen LogP contribution in [0.1, 0.15) is 53.8 Å². The summed E-state index contributed by atoms with van der Waals surface area (Å²) in [5.41, 5.74) is 9.40. The lowest BCUT2D eigenvalue weighted by Crippen LogP contribution is -2.48. The molecule has 0 aliphatic heterocycles. The number of nitrogens with zero attached hydrogens (tertiary/aromatic N) is 1. The minimum absolute atomic E-state index is 0.0462. The van der Waals surface area contributed by atoms with Crippen LogP contribution in [0.4, 0.5) is 0 Å². The first kappa shape index (κ1) is 22.2. The molecule has 6 rings (SSSR count). The van der Waals surface area contributed by atoms with Gasteiger partial charge in [0.05, 0.1) is 5.41 Å². The zero-order chi connectivity index (χ0) is 24.2. The van der Waals surface area contributed by atoms with Crippen molar-refractivity contribution in [2.24, 2.45) is 0 Å². The predicted molar refractivity (Wildman–Crippen MR) is 147 cm³/mol. The van der Waals surface area contributed by atoms with Gasteiger partial charge >= 0.3 is 0 Å². The van der Waals surface area contributed by atoms with Gasteiger partial charge in [0.25, 0.3) is 0 Å². The third-order valence-corrected chi connectivity index (χ3v) is 8.99. The van der Waals surface area contributed by atoms with Crippen molar-refractivity contribution < 1.29 is 0 Å². The van der Waals surface area contributed by atoms with E-state index in [2.05, 4.69) is 122 Å². The molecule has 2 N–H and O–H groups in total. The number of fused-ring (bicyclic) bond motifs is 2. The van der Waals surface area contributed by atoms with E-state index in [1.165, 1.54) is 49.9 Å². The van der Waals surface area contributed by atoms with E-state index in [4.69, 9.17) is 0 Å². The summed E-state index contributed by atoms with van der Waals surface area (Å²) in [7, 11) is 4.50. The second-order valence-electron chi connectivity index (χ2n) is 10.7. The van der Waals surface area contributed by atoms with Gasteiger partial charge < -0.3 is 9.97 Å². The lowest BCUT2D eigenvalue weighted by molar-refractivity contribution is 0.0728. The summed E-state index contributed by atoms with van der Waals surface area (Å²) >= 11 is 0. The van der Waals surface area contributed by atoms with Crippen LogP contribution in [0, 0.1) is 13.8 Å². The van der Waals surface area contributed by atoms with Crippen molar-refractivity contribution in [3.05, 3.63) is 107 Å². The normalized spacial score (nSPS) is 17.4. The van der Waals surface area contributed by atoms with Crippen molar-refractivity contribution in [3.63, 3.8) is 0 Å². The molecule has 3 heteroatoms. The Hall–Kier alpha value is -3.30. The van der Waals surface area contributed by atoms with E-state index < -0.39 is 0 Å². The Morgan fingerprint density at radius 1 is 0.600 bits per heavy atom. The third kappa shape index (κ3) is 3.21. The number of rotatable bonds is 4. The van der Waals surface area contributed by atoms with E-state index in [0.29, 0.717) is 0 Å². The molecule has 2 aromatic heterocycles. The zero-order valence-electron chi connectivity index (χ0n) is 21.3. The number of hydrogen-bond acceptors (Lipinski definition) is 1. The summed E-state index contributed by atoms with van der Waals surface area (Å²) in [6, 6.07) is 28.7. The maximum atomic E-state index is 3.91. The molecule has 178 valence electrons. The minimum Gasteiger partial charge on any atom is -0.357 e. The molecule has 2 heterocycles. The van der Waals surface area contributed by atoms with Crippen LogP contribution in [0.2, 0.25) is 0 Å². The average molecular weight is 462 g/mol. The fraction of sp³-hybridized carbons (Fsp3) is 0.312. The van der Waals surface area contributed by atoms with Gasteiger partial charge in [0, 0.05) is 38.7 Å². The van der Waals surface area contributed by atoms with Crippen molar-refractivity contribution >= 4 is 21.8 Å². The zero-order valence-corrected chi connectivity index (χ0v) is 21.3. The fourth-order valence-electron chi connectivity index (χ4n) is 6.98. The highest BCUT2D eigenvalue weighted by Gasteiger charge is 2.49. The van der Waals surface area contributed by atoms with Crippen LogP contribution in [0.25, 0.3) is 21.8 Å². The molecule has 3 aromatic carbocycles. The van der Waals surface area contributed by atoms with Crippen molar-refractivity contribution in [3.8, 4) is 0 Å². The molecule has 0 radical (unpaired) electrons. The van der Waals surface area contributed by atoms with Crippen LogP contribution in [0.15, 0.2) is 78.9 Å². The molecule has 0 amide bonds. The largest absolute Gasteiger partial charge is 0.357 e. The Balaban J connectivity index is 1.55. The van der Waals surface area contributed by atoms with Gasteiger partial charge in [0.2, 0.25) is 0 Å². The number of benzene rings is 3. The molecular weight excluding hydrogens is 426 g/mol. The summed E-state index contributed by atoms with van der Waals surface area (Å²) in [6.07, 6.45) is 4.38. The number of aromatic amines is 2. The summed E-state index contributed by atoms with van der Waals surface area (Å²) in [4.78, 5) is 10.3. The van der Waals surface area contributed by atoms with Crippen LogP contribution in [-0.4, -0.2) is 29.0 Å². The molecule has 0 spiro atoms. The number of H-pyrrole nitrogens is 2. The quantitative estimate of drug-likeness (QED) is 0.284. The van der Waals surface area contributed by atoms with Gasteiger partial charge in [0.1, 0.15) is 0 Å². The highest BCUT2D eigenvalue weighted by molar-refractivity contribution is 5.87. The fourth-order valence-corrected chi connectivity index (χ4v) is 6.98. The van der Waals surface area contributed by atoms with Gasteiger partial charge in [-0.05, 0) is 82.4 Å². The summed E-state index contributed by atoms with van der Waals surface area (Å²) in [5, 5.41) is 2.67. The standard InChI is InChI=1S/C32H35N3/c1-22-25-14-8-10-16-27(25)33-29(22)31(30-23(2)26-15-9-11-17-28(26)34-30)18-20-32(21-19-31,35(3)4)24-12-6-5-7-13-24/h5-17,33-34H,18-21H2,1-4H3. The van der Waals surface area contributed by atoms with E-state index in [-0.39, 0.29) is 11.0 Å². The van der Waals surface area contributed by atoms with Crippen LogP contribution in [-0.2, 0) is 11.0 Å². The van der Waals surface area contributed by atoms with E-state index in [1.807, 2.05) is 0 Å². The SMILES string of the molecule is Cc1c(C2(c3[nH]c4ccccc4c3C)CCC(c3ccccc3)(N(C)C)CC2)[nH]c2ccccc12. The summed E-state index contributed by atoms with van der Waals surface area (Å²) in [5.74, 6) is 0. The van der Waals surface area contributed by atoms with Crippen LogP contribution < -0.4 is 0 Å². The Morgan fingerprint density at radius 3 is 1.51 bits per heavy atom. The van der Waals surface area contributed by atoms with Crippen molar-refractivity contribution in [1.82, 2.24) is 14.9 Å². The van der Waals surface area contributed by atoms with Gasteiger partial charge in [-0.3, -0.25) is 4.90 Å². The summed E-state index contributed by atoms with van der Waals surface area (Å²) in [6.45, 7) is 4.61. The first-order chi connectivity index (χ1) is 17.0. The molecule has 0 saturated heterocycles. The van der Waals surface area contributed by atoms with E-state index in [1.54, 1.807) is 0 Å². The van der Waals surface area contributed by atoms with Crippen LogP contribution in [0.5, 0.6) is 0 Å². The van der Waals surface area contributed by atoms with Crippen molar-refractivity contribution in [1.29, 1.82) is 0 Å². The molecule has 35 heavy (non-hydrogen) atoms. The Labute approximate surface area is 208 Å². The Bertz CT molecular complexity index is 1410. The smallest absolute Gasteiger partial charge is 0.0511 e. The minimum atomic E-state index is -0.0828. The number of aromatic nitrogens is 2. The molecule has 1 aliphatic carbocycles. The van der Waals surface area contributed by atoms with E-state index >= 15 is 0 Å². The number of nitrogens with one attached hydrogen (secondary N) is 2. The van der Waals surface area contributed by atoms with Gasteiger partial charge in [-0.25, -0.2) is 0 Å². The molecule has 1 saturated carbocycles. The van der Waals surface area contributed by atoms with Gasteiger partial charge in [0.15, 0.2) is 0 Å². The van der Waals surface area contributed by atoms with Gasteiger partial charge in [-0.15, -0.1) is 0 Å². The van der Waals surface area contributed by atoms with Crippen LogP contribution in [0.3, 0.4) is 0 Å². The monoisotopic (exact) mass is 461 g/mol. The van der Waals surface area contributed by atoms with Gasteiger partial charge in [-0.2, -0.15) is 0 Å². The number of para-hydroxylation sites is 2. The Morgan fingerprint density at radius 2 is 1.06 bits per heavy atom. The first-order valence-corrected chi connectivity index (χ1v) is 12.8. The van der Waals surface area contributed by atoms with Gasteiger partial charge in [-0.1, -0.05) is 66.7 Å². The van der Waals surface area contributed by atoms with E-state index in [9.17, 15) is 0 Å². The third-order valence-electron chi connectivity index (χ3n) is 8.99. The number of aryl methyl sites for hydroxylation is 2. The van der Waals surface area contributed by atoms with Crippen LogP contribution >= 0.6 is 0 Å². The molecule has 0 unspecified atom stereocenters. The maximum absolute atomic E-state index is 3.91. The van der Waals surface area contributed by atoms with Crippen molar-refractivity contribution in [2.75, 3.05) is 14.1 Å². The second kappa shape index (κ2) is 8.13. The molecule has 0 bridgehead atoms. The predicted octanol–water partition coefficient (Wildman–Crippen LogP) is 7.58. The maximum Gasteiger partial charge on any atom is 0.0511 e. The van der Waals surface area contributed by atoms with E-state index in [0.717, 1.165) is 25.7 Å². The molecule has 1 fully saturated rings. The molecule has 1 aliphatic rings. The lowest BCUT2D eigenvalue weighted by Gasteiger charge is -2.50. The first-order valence-electron chi connectivity index (χ1n) is 12.8. The molecule has 0 atom stereocenters.